The quantitative estimate of drug-likeness (QED) is 0.652. The maximum absolute atomic E-state index is 12.6. The van der Waals surface area contributed by atoms with Gasteiger partial charge in [0.05, 0.1) is 6.61 Å². The van der Waals surface area contributed by atoms with E-state index < -0.39 is 10.0 Å². The largest absolute Gasteiger partial charge is 0.492 e. The number of carbonyl (C=O) groups excluding carboxylic acids is 1. The second-order valence-electron chi connectivity index (χ2n) is 5.25. The molecule has 0 aliphatic carbocycles. The van der Waals surface area contributed by atoms with Gasteiger partial charge in [0.25, 0.3) is 5.91 Å². The summed E-state index contributed by atoms with van der Waals surface area (Å²) in [6.07, 6.45) is 1.51. The van der Waals surface area contributed by atoms with E-state index in [1.807, 2.05) is 17.5 Å². The van der Waals surface area contributed by atoms with Crippen LogP contribution in [0.3, 0.4) is 0 Å². The highest BCUT2D eigenvalue weighted by Gasteiger charge is 2.21. The van der Waals surface area contributed by atoms with Crippen molar-refractivity contribution in [3.63, 3.8) is 0 Å². The van der Waals surface area contributed by atoms with Crippen LogP contribution in [0.2, 0.25) is 0 Å². The number of benzene rings is 1. The molecule has 1 aromatic heterocycles. The van der Waals surface area contributed by atoms with E-state index in [4.69, 9.17) is 4.74 Å². The van der Waals surface area contributed by atoms with Crippen molar-refractivity contribution in [1.82, 2.24) is 10.0 Å². The molecule has 1 amide bonds. The standard InChI is InChI=1S/C17H22N2O4S2/c1-3-23-15-9-8-13(17(20)18-2)12-16(15)25(21,22)19-10-4-6-14-7-5-11-24-14/h5,7-9,11-12,19H,3-4,6,10H2,1-2H3,(H,18,20). The molecule has 136 valence electrons. The molecule has 2 aromatic rings. The normalized spacial score (nSPS) is 11.3. The minimum atomic E-state index is -3.77. The van der Waals surface area contributed by atoms with Crippen LogP contribution in [0.25, 0.3) is 0 Å². The van der Waals surface area contributed by atoms with E-state index in [0.717, 1.165) is 6.42 Å². The molecule has 0 bridgehead atoms. The molecule has 0 atom stereocenters. The Balaban J connectivity index is 2.13. The van der Waals surface area contributed by atoms with E-state index in [2.05, 4.69) is 10.0 Å². The highest BCUT2D eigenvalue weighted by Crippen LogP contribution is 2.25. The molecule has 6 nitrogen and oxygen atoms in total. The summed E-state index contributed by atoms with van der Waals surface area (Å²) in [7, 11) is -2.27. The molecule has 0 saturated carbocycles. The van der Waals surface area contributed by atoms with Gasteiger partial charge in [-0.2, -0.15) is 0 Å². The molecule has 0 spiro atoms. The first-order chi connectivity index (χ1) is 12.0. The summed E-state index contributed by atoms with van der Waals surface area (Å²) in [6.45, 7) is 2.42. The Hall–Kier alpha value is -1.90. The molecule has 0 unspecified atom stereocenters. The van der Waals surface area contributed by atoms with Crippen LogP contribution in [-0.2, 0) is 16.4 Å². The Morgan fingerprint density at radius 3 is 2.72 bits per heavy atom. The minimum absolute atomic E-state index is 0.0217. The molecule has 8 heteroatoms. The summed E-state index contributed by atoms with van der Waals surface area (Å²) in [5.74, 6) is -0.113. The molecule has 2 N–H and O–H groups in total. The third kappa shape index (κ3) is 5.29. The van der Waals surface area contributed by atoms with Crippen LogP contribution in [0.1, 0.15) is 28.6 Å². The molecule has 1 aromatic carbocycles. The van der Waals surface area contributed by atoms with Crippen LogP contribution in [0.5, 0.6) is 5.75 Å². The molecule has 0 aliphatic heterocycles. The first kappa shape index (κ1) is 19.4. The number of sulfonamides is 1. The summed E-state index contributed by atoms with van der Waals surface area (Å²) in [5.41, 5.74) is 0.268. The lowest BCUT2D eigenvalue weighted by atomic mass is 10.2. The van der Waals surface area contributed by atoms with Crippen molar-refractivity contribution in [2.45, 2.75) is 24.7 Å². The minimum Gasteiger partial charge on any atom is -0.492 e. The maximum atomic E-state index is 12.6. The first-order valence-electron chi connectivity index (χ1n) is 7.99. The van der Waals surface area contributed by atoms with Crippen molar-refractivity contribution in [2.24, 2.45) is 0 Å². The van der Waals surface area contributed by atoms with Gasteiger partial charge < -0.3 is 10.1 Å². The zero-order valence-electron chi connectivity index (χ0n) is 14.2. The van der Waals surface area contributed by atoms with Gasteiger partial charge in [-0.25, -0.2) is 13.1 Å². The molecule has 2 rings (SSSR count). The summed E-state index contributed by atoms with van der Waals surface area (Å²) >= 11 is 1.65. The van der Waals surface area contributed by atoms with Crippen molar-refractivity contribution in [3.05, 3.63) is 46.2 Å². The second kappa shape index (κ2) is 8.98. The number of amides is 1. The Kier molecular flexibility index (Phi) is 6.98. The zero-order valence-corrected chi connectivity index (χ0v) is 15.9. The number of rotatable bonds is 9. The van der Waals surface area contributed by atoms with Crippen molar-refractivity contribution >= 4 is 27.3 Å². The van der Waals surface area contributed by atoms with E-state index in [-0.39, 0.29) is 22.1 Å². The zero-order chi connectivity index (χ0) is 18.3. The fourth-order valence-electron chi connectivity index (χ4n) is 2.28. The SMILES string of the molecule is CCOc1ccc(C(=O)NC)cc1S(=O)(=O)NCCCc1cccs1. The number of hydrogen-bond acceptors (Lipinski definition) is 5. The Morgan fingerprint density at radius 1 is 1.28 bits per heavy atom. The van der Waals surface area contributed by atoms with Crippen LogP contribution >= 0.6 is 11.3 Å². The van der Waals surface area contributed by atoms with E-state index in [0.29, 0.717) is 19.6 Å². The van der Waals surface area contributed by atoms with Gasteiger partial charge in [-0.15, -0.1) is 11.3 Å². The van der Waals surface area contributed by atoms with Crippen molar-refractivity contribution < 1.29 is 17.9 Å². The lowest BCUT2D eigenvalue weighted by molar-refractivity contribution is 0.0963. The van der Waals surface area contributed by atoms with Crippen LogP contribution in [-0.4, -0.2) is 34.5 Å². The lowest BCUT2D eigenvalue weighted by Gasteiger charge is -2.13. The van der Waals surface area contributed by atoms with Gasteiger partial charge in [-0.1, -0.05) is 6.07 Å². The third-order valence-corrected chi connectivity index (χ3v) is 5.91. The number of nitrogens with one attached hydrogen (secondary N) is 2. The predicted molar refractivity (Wildman–Crippen MR) is 98.8 cm³/mol. The summed E-state index contributed by atoms with van der Waals surface area (Å²) < 4.78 is 33.3. The predicted octanol–water partition coefficient (Wildman–Crippen LogP) is 2.42. The summed E-state index contributed by atoms with van der Waals surface area (Å²) in [6, 6.07) is 8.39. The van der Waals surface area contributed by atoms with E-state index in [1.54, 1.807) is 24.3 Å². The van der Waals surface area contributed by atoms with Crippen LogP contribution in [0.4, 0.5) is 0 Å². The highest BCUT2D eigenvalue weighted by atomic mass is 32.2. The second-order valence-corrected chi connectivity index (χ2v) is 8.02. The van der Waals surface area contributed by atoms with Crippen molar-refractivity contribution in [1.29, 1.82) is 0 Å². The number of thiophene rings is 1. The van der Waals surface area contributed by atoms with Gasteiger partial charge in [0, 0.05) is 24.0 Å². The molecular weight excluding hydrogens is 360 g/mol. The number of aryl methyl sites for hydroxylation is 1. The molecule has 0 saturated heterocycles. The average molecular weight is 383 g/mol. The van der Waals surface area contributed by atoms with Gasteiger partial charge in [0.1, 0.15) is 10.6 Å². The van der Waals surface area contributed by atoms with Crippen molar-refractivity contribution in [3.8, 4) is 5.75 Å². The molecule has 1 heterocycles. The lowest BCUT2D eigenvalue weighted by Crippen LogP contribution is -2.26. The molecule has 0 radical (unpaired) electrons. The Labute approximate surface area is 152 Å². The van der Waals surface area contributed by atoms with Gasteiger partial charge in [-0.3, -0.25) is 4.79 Å². The third-order valence-electron chi connectivity index (χ3n) is 3.49. The number of ether oxygens (including phenoxy) is 1. The molecular formula is C17H22N2O4S2. The van der Waals surface area contributed by atoms with E-state index in [9.17, 15) is 13.2 Å². The van der Waals surface area contributed by atoms with Gasteiger partial charge >= 0.3 is 0 Å². The molecule has 25 heavy (non-hydrogen) atoms. The van der Waals surface area contributed by atoms with E-state index >= 15 is 0 Å². The van der Waals surface area contributed by atoms with Crippen molar-refractivity contribution in [2.75, 3.05) is 20.2 Å². The van der Waals surface area contributed by atoms with Crippen LogP contribution in [0, 0.1) is 0 Å². The average Bonchev–Trinajstić information content (AvgIpc) is 3.12. The van der Waals surface area contributed by atoms with Crippen LogP contribution in [0.15, 0.2) is 40.6 Å². The molecule has 0 aliphatic rings. The highest BCUT2D eigenvalue weighted by molar-refractivity contribution is 7.89. The molecule has 0 fully saturated rings. The van der Waals surface area contributed by atoms with Crippen LogP contribution < -0.4 is 14.8 Å². The topological polar surface area (TPSA) is 84.5 Å². The fraction of sp³-hybridized carbons (Fsp3) is 0.353. The van der Waals surface area contributed by atoms with Gasteiger partial charge in [0.2, 0.25) is 10.0 Å². The van der Waals surface area contributed by atoms with E-state index in [1.165, 1.54) is 24.1 Å². The maximum Gasteiger partial charge on any atom is 0.251 e. The summed E-state index contributed by atoms with van der Waals surface area (Å²) in [4.78, 5) is 13.0. The number of hydrogen-bond donors (Lipinski definition) is 2. The first-order valence-corrected chi connectivity index (χ1v) is 10.3. The smallest absolute Gasteiger partial charge is 0.251 e. The Morgan fingerprint density at radius 2 is 2.08 bits per heavy atom. The van der Waals surface area contributed by atoms with Gasteiger partial charge in [-0.05, 0) is 49.4 Å². The Bertz CT molecular complexity index is 802. The fourth-order valence-corrected chi connectivity index (χ4v) is 4.27. The monoisotopic (exact) mass is 382 g/mol. The van der Waals surface area contributed by atoms with Gasteiger partial charge in [0.15, 0.2) is 0 Å². The summed E-state index contributed by atoms with van der Waals surface area (Å²) in [5, 5.41) is 4.48. The number of carbonyl (C=O) groups is 1.